The summed E-state index contributed by atoms with van der Waals surface area (Å²) in [6.07, 6.45) is 0. The molecule has 0 aliphatic rings. The standard InChI is InChI=1S/C11H8BrFN2O3/c1-5-9(16)14-11(18)15(10(5)17)8-3-2-6(13)4-7(8)12/h2-4,17H,1H3,(H,14,16,18). The third kappa shape index (κ3) is 1.97. The normalized spacial score (nSPS) is 10.6. The third-order valence-corrected chi connectivity index (χ3v) is 3.10. The number of aromatic hydroxyl groups is 1. The molecule has 0 fully saturated rings. The molecular formula is C11H8BrFN2O3. The van der Waals surface area contributed by atoms with Crippen molar-refractivity contribution in [2.24, 2.45) is 0 Å². The van der Waals surface area contributed by atoms with Crippen molar-refractivity contribution < 1.29 is 9.50 Å². The van der Waals surface area contributed by atoms with Crippen LogP contribution < -0.4 is 11.2 Å². The molecule has 0 bridgehead atoms. The van der Waals surface area contributed by atoms with Crippen LogP contribution in [0.5, 0.6) is 5.88 Å². The Morgan fingerprint density at radius 1 is 1.39 bits per heavy atom. The molecule has 94 valence electrons. The summed E-state index contributed by atoms with van der Waals surface area (Å²) in [5, 5.41) is 9.83. The van der Waals surface area contributed by atoms with E-state index in [-0.39, 0.29) is 15.7 Å². The van der Waals surface area contributed by atoms with Gasteiger partial charge in [0.25, 0.3) is 5.56 Å². The zero-order chi connectivity index (χ0) is 13.4. The molecule has 18 heavy (non-hydrogen) atoms. The highest BCUT2D eigenvalue weighted by Gasteiger charge is 2.14. The average Bonchev–Trinajstić information content (AvgIpc) is 2.29. The monoisotopic (exact) mass is 314 g/mol. The van der Waals surface area contributed by atoms with E-state index in [4.69, 9.17) is 0 Å². The maximum absolute atomic E-state index is 13.0. The molecule has 0 unspecified atom stereocenters. The lowest BCUT2D eigenvalue weighted by Gasteiger charge is -2.11. The lowest BCUT2D eigenvalue weighted by molar-refractivity contribution is 0.426. The topological polar surface area (TPSA) is 75.1 Å². The second-order valence-electron chi connectivity index (χ2n) is 3.64. The lowest BCUT2D eigenvalue weighted by Crippen LogP contribution is -2.30. The van der Waals surface area contributed by atoms with Crippen molar-refractivity contribution in [3.05, 3.63) is 54.9 Å². The van der Waals surface area contributed by atoms with Gasteiger partial charge < -0.3 is 5.11 Å². The number of hydrogen-bond donors (Lipinski definition) is 2. The lowest BCUT2D eigenvalue weighted by atomic mass is 10.3. The van der Waals surface area contributed by atoms with E-state index in [9.17, 15) is 19.1 Å². The van der Waals surface area contributed by atoms with E-state index in [1.165, 1.54) is 13.0 Å². The van der Waals surface area contributed by atoms with Gasteiger partial charge in [0, 0.05) is 4.47 Å². The largest absolute Gasteiger partial charge is 0.494 e. The Kier molecular flexibility index (Phi) is 3.08. The number of hydrogen-bond acceptors (Lipinski definition) is 3. The van der Waals surface area contributed by atoms with Gasteiger partial charge in [-0.2, -0.15) is 0 Å². The molecule has 0 amide bonds. The van der Waals surface area contributed by atoms with Crippen LogP contribution in [0, 0.1) is 12.7 Å². The van der Waals surface area contributed by atoms with E-state index in [0.717, 1.165) is 16.7 Å². The molecule has 2 aromatic rings. The minimum atomic E-state index is -0.796. The molecule has 0 aliphatic carbocycles. The van der Waals surface area contributed by atoms with Crippen LogP contribution in [0.25, 0.3) is 5.69 Å². The Balaban J connectivity index is 2.84. The van der Waals surface area contributed by atoms with Crippen LogP contribution in [0.4, 0.5) is 4.39 Å². The first kappa shape index (κ1) is 12.6. The van der Waals surface area contributed by atoms with Crippen LogP contribution in [0.2, 0.25) is 0 Å². The number of halogens is 2. The molecular weight excluding hydrogens is 307 g/mol. The SMILES string of the molecule is Cc1c(O)n(-c2ccc(F)cc2Br)c(=O)[nH]c1=O. The van der Waals surface area contributed by atoms with Crippen LogP contribution >= 0.6 is 15.9 Å². The smallest absolute Gasteiger partial charge is 0.335 e. The number of rotatable bonds is 1. The maximum Gasteiger partial charge on any atom is 0.335 e. The highest BCUT2D eigenvalue weighted by Crippen LogP contribution is 2.24. The number of nitrogens with one attached hydrogen (secondary N) is 1. The van der Waals surface area contributed by atoms with Gasteiger partial charge in [0.2, 0.25) is 5.88 Å². The van der Waals surface area contributed by atoms with Crippen molar-refractivity contribution >= 4 is 15.9 Å². The Morgan fingerprint density at radius 2 is 2.06 bits per heavy atom. The van der Waals surface area contributed by atoms with Crippen molar-refractivity contribution in [1.29, 1.82) is 0 Å². The zero-order valence-electron chi connectivity index (χ0n) is 9.20. The summed E-state index contributed by atoms with van der Waals surface area (Å²) in [6, 6.07) is 3.62. The highest BCUT2D eigenvalue weighted by molar-refractivity contribution is 9.10. The quantitative estimate of drug-likeness (QED) is 0.836. The molecule has 0 atom stereocenters. The second kappa shape index (κ2) is 4.41. The van der Waals surface area contributed by atoms with Gasteiger partial charge in [-0.15, -0.1) is 0 Å². The summed E-state index contributed by atoms with van der Waals surface area (Å²) in [4.78, 5) is 25.0. The summed E-state index contributed by atoms with van der Waals surface area (Å²) in [5.41, 5.74) is -1.22. The van der Waals surface area contributed by atoms with E-state index in [0.29, 0.717) is 0 Å². The molecule has 5 nitrogen and oxygen atoms in total. The van der Waals surface area contributed by atoms with Gasteiger partial charge in [0.15, 0.2) is 0 Å². The van der Waals surface area contributed by atoms with Crippen molar-refractivity contribution in [2.45, 2.75) is 6.92 Å². The van der Waals surface area contributed by atoms with Crippen molar-refractivity contribution in [1.82, 2.24) is 9.55 Å². The summed E-state index contributed by atoms with van der Waals surface area (Å²) < 4.78 is 14.1. The first-order valence-electron chi connectivity index (χ1n) is 4.92. The molecule has 2 rings (SSSR count). The van der Waals surface area contributed by atoms with Gasteiger partial charge in [-0.3, -0.25) is 9.78 Å². The van der Waals surface area contributed by atoms with Crippen LogP contribution in [-0.2, 0) is 0 Å². The number of nitrogens with zero attached hydrogens (tertiary/aromatic N) is 1. The predicted molar refractivity (Wildman–Crippen MR) is 66.7 cm³/mol. The zero-order valence-corrected chi connectivity index (χ0v) is 10.8. The van der Waals surface area contributed by atoms with E-state index < -0.39 is 22.9 Å². The van der Waals surface area contributed by atoms with Gasteiger partial charge in [0.05, 0.1) is 11.3 Å². The summed E-state index contributed by atoms with van der Waals surface area (Å²) in [5.74, 6) is -0.963. The maximum atomic E-state index is 13.0. The molecule has 2 N–H and O–H groups in total. The first-order chi connectivity index (χ1) is 8.41. The number of H-pyrrole nitrogens is 1. The molecule has 0 aliphatic heterocycles. The van der Waals surface area contributed by atoms with Gasteiger partial charge in [0.1, 0.15) is 5.82 Å². The minimum Gasteiger partial charge on any atom is -0.494 e. The predicted octanol–water partition coefficient (Wildman–Crippen LogP) is 1.44. The molecule has 7 heteroatoms. The van der Waals surface area contributed by atoms with Crippen LogP contribution in [0.3, 0.4) is 0 Å². The molecule has 0 radical (unpaired) electrons. The van der Waals surface area contributed by atoms with E-state index in [2.05, 4.69) is 20.9 Å². The van der Waals surface area contributed by atoms with Crippen LogP contribution in [-0.4, -0.2) is 14.7 Å². The highest BCUT2D eigenvalue weighted by atomic mass is 79.9. The summed E-state index contributed by atoms with van der Waals surface area (Å²) in [7, 11) is 0. The number of aromatic amines is 1. The summed E-state index contributed by atoms with van der Waals surface area (Å²) >= 11 is 3.09. The van der Waals surface area contributed by atoms with Crippen LogP contribution in [0.15, 0.2) is 32.3 Å². The Labute approximate surface area is 109 Å². The van der Waals surface area contributed by atoms with Crippen molar-refractivity contribution in [3.8, 4) is 11.6 Å². The van der Waals surface area contributed by atoms with Crippen molar-refractivity contribution in [3.63, 3.8) is 0 Å². The van der Waals surface area contributed by atoms with Gasteiger partial charge in [-0.1, -0.05) is 0 Å². The van der Waals surface area contributed by atoms with Gasteiger partial charge in [-0.05, 0) is 41.1 Å². The van der Waals surface area contributed by atoms with Crippen LogP contribution in [0.1, 0.15) is 5.56 Å². The molecule has 1 aromatic heterocycles. The molecule has 1 heterocycles. The van der Waals surface area contributed by atoms with Gasteiger partial charge >= 0.3 is 5.69 Å². The molecule has 0 spiro atoms. The Morgan fingerprint density at radius 3 is 2.67 bits per heavy atom. The van der Waals surface area contributed by atoms with Gasteiger partial charge in [-0.25, -0.2) is 13.8 Å². The Bertz CT molecular complexity index is 736. The molecule has 1 aromatic carbocycles. The average molecular weight is 315 g/mol. The van der Waals surface area contributed by atoms with E-state index in [1.54, 1.807) is 0 Å². The first-order valence-corrected chi connectivity index (χ1v) is 5.71. The summed E-state index contributed by atoms with van der Waals surface area (Å²) in [6.45, 7) is 1.38. The van der Waals surface area contributed by atoms with E-state index in [1.807, 2.05) is 0 Å². The molecule has 0 saturated heterocycles. The minimum absolute atomic E-state index is 0.00539. The molecule has 0 saturated carbocycles. The third-order valence-electron chi connectivity index (χ3n) is 2.46. The fourth-order valence-electron chi connectivity index (χ4n) is 1.50. The fourth-order valence-corrected chi connectivity index (χ4v) is 2.03. The fraction of sp³-hybridized carbons (Fsp3) is 0.0909. The Hall–Kier alpha value is -1.89. The van der Waals surface area contributed by atoms with E-state index >= 15 is 0 Å². The second-order valence-corrected chi connectivity index (χ2v) is 4.49. The number of aromatic nitrogens is 2. The van der Waals surface area contributed by atoms with Crippen molar-refractivity contribution in [2.75, 3.05) is 0 Å². The number of benzene rings is 1.